The van der Waals surface area contributed by atoms with Gasteiger partial charge in [0, 0.05) is 17.6 Å². The highest BCUT2D eigenvalue weighted by atomic mass is 16.3. The quantitative estimate of drug-likeness (QED) is 0.720. The Morgan fingerprint density at radius 1 is 1.45 bits per heavy atom. The molecule has 1 amide bonds. The van der Waals surface area contributed by atoms with E-state index in [0.29, 0.717) is 12.2 Å². The molecule has 0 spiro atoms. The number of amides is 1. The van der Waals surface area contributed by atoms with Crippen molar-refractivity contribution in [3.05, 3.63) is 29.8 Å². The zero-order chi connectivity index (χ0) is 14.6. The van der Waals surface area contributed by atoms with Crippen molar-refractivity contribution < 1.29 is 9.90 Å². The van der Waals surface area contributed by atoms with Crippen LogP contribution in [0.5, 0.6) is 0 Å². The first kappa shape index (κ1) is 14.9. The van der Waals surface area contributed by atoms with E-state index < -0.39 is 0 Å². The predicted octanol–water partition coefficient (Wildman–Crippen LogP) is 2.04. The molecule has 4 nitrogen and oxygen atoms in total. The third-order valence-corrected chi connectivity index (χ3v) is 4.44. The summed E-state index contributed by atoms with van der Waals surface area (Å²) in [4.78, 5) is 12.2. The van der Waals surface area contributed by atoms with Crippen LogP contribution in [0.25, 0.3) is 0 Å². The Balaban J connectivity index is 1.94. The number of hydrogen-bond acceptors (Lipinski definition) is 3. The van der Waals surface area contributed by atoms with E-state index in [9.17, 15) is 9.90 Å². The Bertz CT molecular complexity index is 467. The van der Waals surface area contributed by atoms with Crippen molar-refractivity contribution in [1.29, 1.82) is 0 Å². The minimum absolute atomic E-state index is 0.00433. The van der Waals surface area contributed by atoms with E-state index in [2.05, 4.69) is 5.32 Å². The Labute approximate surface area is 120 Å². The molecule has 4 N–H and O–H groups in total. The number of aliphatic hydroxyl groups excluding tert-OH is 1. The lowest BCUT2D eigenvalue weighted by Gasteiger charge is -2.27. The van der Waals surface area contributed by atoms with Crippen molar-refractivity contribution in [3.63, 3.8) is 0 Å². The molecule has 1 atom stereocenters. The number of nitrogen functional groups attached to an aromatic ring is 1. The van der Waals surface area contributed by atoms with Crippen molar-refractivity contribution in [2.45, 2.75) is 38.5 Å². The van der Waals surface area contributed by atoms with E-state index in [1.54, 1.807) is 0 Å². The molecule has 1 aromatic rings. The minimum atomic E-state index is -0.226. The molecule has 1 saturated carbocycles. The number of benzene rings is 1. The molecule has 110 valence electrons. The summed E-state index contributed by atoms with van der Waals surface area (Å²) in [6.07, 6.45) is 4.27. The number of nitrogens with two attached hydrogens (primary N) is 1. The average Bonchev–Trinajstić information content (AvgIpc) is 2.93. The van der Waals surface area contributed by atoms with Crippen LogP contribution in [-0.4, -0.2) is 24.2 Å². The summed E-state index contributed by atoms with van der Waals surface area (Å²) < 4.78 is 0. The lowest BCUT2D eigenvalue weighted by Crippen LogP contribution is -2.39. The highest BCUT2D eigenvalue weighted by Crippen LogP contribution is 2.37. The molecule has 20 heavy (non-hydrogen) atoms. The van der Waals surface area contributed by atoms with E-state index >= 15 is 0 Å². The second kappa shape index (κ2) is 6.27. The fraction of sp³-hybridized carbons (Fsp3) is 0.562. The van der Waals surface area contributed by atoms with Gasteiger partial charge in [-0.15, -0.1) is 0 Å². The lowest BCUT2D eigenvalue weighted by molar-refractivity contribution is -0.122. The topological polar surface area (TPSA) is 75.3 Å². The Kier molecular flexibility index (Phi) is 4.65. The number of nitrogens with one attached hydrogen (secondary N) is 1. The Morgan fingerprint density at radius 3 is 2.75 bits per heavy atom. The fourth-order valence-electron chi connectivity index (χ4n) is 2.92. The summed E-state index contributed by atoms with van der Waals surface area (Å²) in [5.74, 6) is -0.231. The molecule has 1 aliphatic carbocycles. The maximum atomic E-state index is 12.2. The summed E-state index contributed by atoms with van der Waals surface area (Å²) in [6, 6.07) is 7.42. The van der Waals surface area contributed by atoms with Crippen molar-refractivity contribution in [1.82, 2.24) is 5.32 Å². The number of carbonyl (C=O) groups is 1. The molecule has 0 aliphatic heterocycles. The molecule has 0 bridgehead atoms. The molecule has 1 aromatic carbocycles. The second-order valence-electron chi connectivity index (χ2n) is 5.97. The predicted molar refractivity (Wildman–Crippen MR) is 80.3 cm³/mol. The second-order valence-corrected chi connectivity index (χ2v) is 5.97. The summed E-state index contributed by atoms with van der Waals surface area (Å²) in [5.41, 5.74) is 7.24. The molecule has 1 fully saturated rings. The van der Waals surface area contributed by atoms with E-state index in [1.165, 1.54) is 0 Å². The van der Waals surface area contributed by atoms with Crippen LogP contribution < -0.4 is 11.1 Å². The first-order valence-electron chi connectivity index (χ1n) is 7.30. The van der Waals surface area contributed by atoms with Crippen molar-refractivity contribution in [2.75, 3.05) is 18.9 Å². The largest absolute Gasteiger partial charge is 0.399 e. The van der Waals surface area contributed by atoms with Crippen LogP contribution in [0.4, 0.5) is 5.69 Å². The molecule has 2 rings (SSSR count). The van der Waals surface area contributed by atoms with Gasteiger partial charge in [0.1, 0.15) is 0 Å². The maximum Gasteiger partial charge on any atom is 0.227 e. The average molecular weight is 276 g/mol. The zero-order valence-electron chi connectivity index (χ0n) is 12.1. The number of aliphatic hydroxyl groups is 1. The van der Waals surface area contributed by atoms with Crippen LogP contribution in [0.2, 0.25) is 0 Å². The zero-order valence-corrected chi connectivity index (χ0v) is 12.1. The van der Waals surface area contributed by atoms with Gasteiger partial charge in [0.25, 0.3) is 0 Å². The highest BCUT2D eigenvalue weighted by molar-refractivity contribution is 5.83. The van der Waals surface area contributed by atoms with Crippen LogP contribution in [-0.2, 0) is 4.79 Å². The van der Waals surface area contributed by atoms with Crippen LogP contribution in [0, 0.1) is 5.41 Å². The standard InChI is InChI=1S/C16H24N2O2/c1-12(13-5-4-6-14(17)9-13)15(20)18-10-16(11-19)7-2-3-8-16/h4-6,9,12,19H,2-3,7-8,10-11,17H2,1H3,(H,18,20). The summed E-state index contributed by atoms with van der Waals surface area (Å²) >= 11 is 0. The van der Waals surface area contributed by atoms with Crippen LogP contribution in [0.15, 0.2) is 24.3 Å². The van der Waals surface area contributed by atoms with Gasteiger partial charge in [0.2, 0.25) is 5.91 Å². The lowest BCUT2D eigenvalue weighted by atomic mass is 9.87. The molecule has 0 radical (unpaired) electrons. The van der Waals surface area contributed by atoms with Crippen LogP contribution in [0.3, 0.4) is 0 Å². The molecular formula is C16H24N2O2. The third-order valence-electron chi connectivity index (χ3n) is 4.44. The summed E-state index contributed by atoms with van der Waals surface area (Å²) in [7, 11) is 0. The molecule has 1 aliphatic rings. The number of anilines is 1. The van der Waals surface area contributed by atoms with Gasteiger partial charge in [0.05, 0.1) is 12.5 Å². The molecule has 4 heteroatoms. The van der Waals surface area contributed by atoms with E-state index in [4.69, 9.17) is 5.73 Å². The maximum absolute atomic E-state index is 12.2. The van der Waals surface area contributed by atoms with Crippen LogP contribution in [0.1, 0.15) is 44.1 Å². The van der Waals surface area contributed by atoms with Gasteiger partial charge >= 0.3 is 0 Å². The number of carbonyl (C=O) groups excluding carboxylic acids is 1. The van der Waals surface area contributed by atoms with Crippen molar-refractivity contribution in [2.24, 2.45) is 5.41 Å². The monoisotopic (exact) mass is 276 g/mol. The van der Waals surface area contributed by atoms with Crippen LogP contribution >= 0.6 is 0 Å². The number of hydrogen-bond donors (Lipinski definition) is 3. The summed E-state index contributed by atoms with van der Waals surface area (Å²) in [6.45, 7) is 2.60. The van der Waals surface area contributed by atoms with Gasteiger partial charge in [-0.05, 0) is 37.5 Å². The molecule has 0 saturated heterocycles. The molecular weight excluding hydrogens is 252 g/mol. The molecule has 0 heterocycles. The fourth-order valence-corrected chi connectivity index (χ4v) is 2.92. The van der Waals surface area contributed by atoms with Gasteiger partial charge in [-0.2, -0.15) is 0 Å². The van der Waals surface area contributed by atoms with Gasteiger partial charge in [-0.1, -0.05) is 25.0 Å². The number of rotatable bonds is 5. The smallest absolute Gasteiger partial charge is 0.227 e. The van der Waals surface area contributed by atoms with Gasteiger partial charge in [0.15, 0.2) is 0 Å². The third kappa shape index (κ3) is 3.31. The molecule has 1 unspecified atom stereocenters. The van der Waals surface area contributed by atoms with Crippen molar-refractivity contribution in [3.8, 4) is 0 Å². The Hall–Kier alpha value is -1.55. The Morgan fingerprint density at radius 2 is 2.15 bits per heavy atom. The minimum Gasteiger partial charge on any atom is -0.399 e. The van der Waals surface area contributed by atoms with Gasteiger partial charge < -0.3 is 16.2 Å². The molecule has 0 aromatic heterocycles. The van der Waals surface area contributed by atoms with E-state index in [-0.39, 0.29) is 23.8 Å². The first-order valence-corrected chi connectivity index (χ1v) is 7.30. The summed E-state index contributed by atoms with van der Waals surface area (Å²) in [5, 5.41) is 12.5. The normalized spacial score (nSPS) is 18.7. The van der Waals surface area contributed by atoms with Gasteiger partial charge in [-0.3, -0.25) is 4.79 Å². The first-order chi connectivity index (χ1) is 9.56. The van der Waals surface area contributed by atoms with E-state index in [1.807, 2.05) is 31.2 Å². The SMILES string of the molecule is CC(C(=O)NCC1(CO)CCCC1)c1cccc(N)c1. The highest BCUT2D eigenvalue weighted by Gasteiger charge is 2.33. The van der Waals surface area contributed by atoms with Crippen molar-refractivity contribution >= 4 is 11.6 Å². The van der Waals surface area contributed by atoms with E-state index in [0.717, 1.165) is 31.2 Å². The van der Waals surface area contributed by atoms with Gasteiger partial charge in [-0.25, -0.2) is 0 Å².